The molecule has 0 bridgehead atoms. The predicted molar refractivity (Wildman–Crippen MR) is 137 cm³/mol. The zero-order valence-electron chi connectivity index (χ0n) is 20.4. The molecule has 3 aromatic carbocycles. The fourth-order valence-electron chi connectivity index (χ4n) is 4.77. The van der Waals surface area contributed by atoms with Crippen LogP contribution in [0.15, 0.2) is 48.5 Å². The fraction of sp³-hybridized carbons (Fsp3) is 0.379. The molecule has 0 saturated heterocycles. The summed E-state index contributed by atoms with van der Waals surface area (Å²) in [5, 5.41) is 2.37. The van der Waals surface area contributed by atoms with Crippen LogP contribution >= 0.6 is 0 Å². The normalized spacial score (nSPS) is 11.0. The van der Waals surface area contributed by atoms with Crippen LogP contribution in [0, 0.1) is 6.92 Å². The standard InChI is InChI=1S/C29H36N2O2/c1-5-11-24-26(28(30)32)18-20(4)25(27(24)29(33)31(16-6-2)17-7-3)19-22-14-10-13-21-12-8-9-15-23(21)22/h8-10,12-15,18H,5-7,11,16-17,19H2,1-4H3,(H2,30,32). The second kappa shape index (κ2) is 11.1. The maximum absolute atomic E-state index is 14.0. The van der Waals surface area contributed by atoms with Gasteiger partial charge in [-0.2, -0.15) is 0 Å². The summed E-state index contributed by atoms with van der Waals surface area (Å²) < 4.78 is 0. The van der Waals surface area contributed by atoms with Crippen LogP contribution in [0.2, 0.25) is 0 Å². The molecule has 3 aromatic rings. The number of primary amides is 1. The largest absolute Gasteiger partial charge is 0.366 e. The van der Waals surface area contributed by atoms with E-state index in [0.29, 0.717) is 37.1 Å². The van der Waals surface area contributed by atoms with Gasteiger partial charge in [0.2, 0.25) is 5.91 Å². The number of benzene rings is 3. The number of rotatable bonds is 10. The number of carbonyl (C=O) groups excluding carboxylic acids is 2. The number of nitrogens with zero attached hydrogens (tertiary/aromatic N) is 1. The Balaban J connectivity index is 2.26. The van der Waals surface area contributed by atoms with Crippen molar-refractivity contribution in [2.45, 2.75) is 59.8 Å². The van der Waals surface area contributed by atoms with Crippen molar-refractivity contribution in [3.05, 3.63) is 81.9 Å². The molecule has 33 heavy (non-hydrogen) atoms. The van der Waals surface area contributed by atoms with E-state index < -0.39 is 5.91 Å². The van der Waals surface area contributed by atoms with E-state index in [2.05, 4.69) is 51.1 Å². The van der Waals surface area contributed by atoms with Crippen LogP contribution in [-0.4, -0.2) is 29.8 Å². The molecule has 0 aliphatic carbocycles. The highest BCUT2D eigenvalue weighted by Gasteiger charge is 2.26. The molecule has 2 amide bonds. The Morgan fingerprint density at radius 1 is 0.879 bits per heavy atom. The van der Waals surface area contributed by atoms with Crippen molar-refractivity contribution in [2.24, 2.45) is 5.73 Å². The maximum Gasteiger partial charge on any atom is 0.254 e. The molecule has 4 nitrogen and oxygen atoms in total. The number of aryl methyl sites for hydroxylation is 1. The molecule has 0 heterocycles. The van der Waals surface area contributed by atoms with E-state index in [1.54, 1.807) is 0 Å². The molecule has 0 saturated carbocycles. The summed E-state index contributed by atoms with van der Waals surface area (Å²) >= 11 is 0. The lowest BCUT2D eigenvalue weighted by Gasteiger charge is -2.27. The van der Waals surface area contributed by atoms with Gasteiger partial charge in [-0.05, 0) is 71.7 Å². The van der Waals surface area contributed by atoms with Crippen LogP contribution in [0.1, 0.15) is 83.0 Å². The van der Waals surface area contributed by atoms with Crippen LogP contribution in [0.3, 0.4) is 0 Å². The Hall–Kier alpha value is -3.14. The quantitative estimate of drug-likeness (QED) is 0.413. The van der Waals surface area contributed by atoms with Crippen molar-refractivity contribution >= 4 is 22.6 Å². The van der Waals surface area contributed by atoms with Crippen LogP contribution < -0.4 is 5.73 Å². The van der Waals surface area contributed by atoms with Gasteiger partial charge in [-0.1, -0.05) is 69.7 Å². The van der Waals surface area contributed by atoms with Crippen LogP contribution in [0.4, 0.5) is 0 Å². The predicted octanol–water partition coefficient (Wildman–Crippen LogP) is 6.05. The van der Waals surface area contributed by atoms with Gasteiger partial charge in [0.15, 0.2) is 0 Å². The van der Waals surface area contributed by atoms with Gasteiger partial charge >= 0.3 is 0 Å². The molecule has 174 valence electrons. The summed E-state index contributed by atoms with van der Waals surface area (Å²) in [6.07, 6.45) is 3.90. The minimum absolute atomic E-state index is 0.0172. The van der Waals surface area contributed by atoms with Crippen molar-refractivity contribution in [3.63, 3.8) is 0 Å². The summed E-state index contributed by atoms with van der Waals surface area (Å²) in [4.78, 5) is 28.3. The molecule has 3 rings (SSSR count). The molecule has 0 unspecified atom stereocenters. The highest BCUT2D eigenvalue weighted by molar-refractivity contribution is 6.03. The Labute approximate surface area is 197 Å². The lowest BCUT2D eigenvalue weighted by molar-refractivity contribution is 0.0753. The average molecular weight is 445 g/mol. The second-order valence-electron chi connectivity index (χ2n) is 8.79. The summed E-state index contributed by atoms with van der Waals surface area (Å²) in [5.74, 6) is -0.451. The second-order valence-corrected chi connectivity index (χ2v) is 8.79. The summed E-state index contributed by atoms with van der Waals surface area (Å²) in [5.41, 5.74) is 10.9. The molecule has 0 aliphatic rings. The Morgan fingerprint density at radius 3 is 2.18 bits per heavy atom. The van der Waals surface area contributed by atoms with Crippen molar-refractivity contribution in [1.82, 2.24) is 4.90 Å². The smallest absolute Gasteiger partial charge is 0.254 e. The van der Waals surface area contributed by atoms with Crippen molar-refractivity contribution < 1.29 is 9.59 Å². The van der Waals surface area contributed by atoms with E-state index >= 15 is 0 Å². The average Bonchev–Trinajstić information content (AvgIpc) is 2.80. The topological polar surface area (TPSA) is 63.4 Å². The Bertz CT molecular complexity index is 1140. The fourth-order valence-corrected chi connectivity index (χ4v) is 4.77. The molecular formula is C29H36N2O2. The number of nitrogens with two attached hydrogens (primary N) is 1. The summed E-state index contributed by atoms with van der Waals surface area (Å²) in [6, 6.07) is 16.5. The Morgan fingerprint density at radius 2 is 1.55 bits per heavy atom. The number of hydrogen-bond donors (Lipinski definition) is 1. The molecule has 0 spiro atoms. The zero-order chi connectivity index (χ0) is 24.0. The maximum atomic E-state index is 14.0. The molecule has 2 N–H and O–H groups in total. The summed E-state index contributed by atoms with van der Waals surface area (Å²) in [7, 11) is 0. The Kier molecular flexibility index (Phi) is 8.26. The van der Waals surface area contributed by atoms with E-state index in [4.69, 9.17) is 5.73 Å². The van der Waals surface area contributed by atoms with E-state index in [9.17, 15) is 9.59 Å². The first-order chi connectivity index (χ1) is 15.9. The third kappa shape index (κ3) is 5.27. The highest BCUT2D eigenvalue weighted by atomic mass is 16.2. The lowest BCUT2D eigenvalue weighted by Crippen LogP contribution is -2.35. The third-order valence-electron chi connectivity index (χ3n) is 6.27. The highest BCUT2D eigenvalue weighted by Crippen LogP contribution is 2.30. The minimum atomic E-state index is -0.468. The summed E-state index contributed by atoms with van der Waals surface area (Å²) in [6.45, 7) is 9.64. The van der Waals surface area contributed by atoms with Crippen molar-refractivity contribution in [1.29, 1.82) is 0 Å². The first-order valence-corrected chi connectivity index (χ1v) is 12.1. The minimum Gasteiger partial charge on any atom is -0.366 e. The number of amides is 2. The monoisotopic (exact) mass is 444 g/mol. The van der Waals surface area contributed by atoms with Gasteiger partial charge in [0.25, 0.3) is 5.91 Å². The van der Waals surface area contributed by atoms with Crippen LogP contribution in [0.5, 0.6) is 0 Å². The van der Waals surface area contributed by atoms with Crippen LogP contribution in [0.25, 0.3) is 10.8 Å². The van der Waals surface area contributed by atoms with Crippen molar-refractivity contribution in [2.75, 3.05) is 13.1 Å². The van der Waals surface area contributed by atoms with Gasteiger partial charge in [0.05, 0.1) is 0 Å². The van der Waals surface area contributed by atoms with E-state index in [-0.39, 0.29) is 5.91 Å². The molecule has 0 fully saturated rings. The first kappa shape index (κ1) is 24.5. The van der Waals surface area contributed by atoms with Gasteiger partial charge in [-0.25, -0.2) is 0 Å². The first-order valence-electron chi connectivity index (χ1n) is 12.1. The van der Waals surface area contributed by atoms with E-state index in [0.717, 1.165) is 36.0 Å². The number of hydrogen-bond acceptors (Lipinski definition) is 2. The van der Waals surface area contributed by atoms with Gasteiger partial charge in [-0.15, -0.1) is 0 Å². The van der Waals surface area contributed by atoms with Gasteiger partial charge in [-0.3, -0.25) is 9.59 Å². The van der Waals surface area contributed by atoms with Crippen LogP contribution in [-0.2, 0) is 12.8 Å². The molecular weight excluding hydrogens is 408 g/mol. The molecule has 0 atom stereocenters. The third-order valence-corrected chi connectivity index (χ3v) is 6.27. The molecule has 0 aromatic heterocycles. The SMILES string of the molecule is CCCc1c(C(N)=O)cc(C)c(Cc2cccc3ccccc23)c1C(=O)N(CCC)CCC. The van der Waals surface area contributed by atoms with Gasteiger partial charge in [0.1, 0.15) is 0 Å². The van der Waals surface area contributed by atoms with Gasteiger partial charge < -0.3 is 10.6 Å². The van der Waals surface area contributed by atoms with E-state index in [1.807, 2.05) is 30.0 Å². The lowest BCUT2D eigenvalue weighted by atomic mass is 9.85. The molecule has 4 heteroatoms. The van der Waals surface area contributed by atoms with E-state index in [1.165, 1.54) is 16.3 Å². The number of carbonyl (C=O) groups is 2. The molecule has 0 aliphatic heterocycles. The zero-order valence-corrected chi connectivity index (χ0v) is 20.4. The van der Waals surface area contributed by atoms with Gasteiger partial charge in [0, 0.05) is 24.2 Å². The van der Waals surface area contributed by atoms with Crippen molar-refractivity contribution in [3.8, 4) is 0 Å². The number of fused-ring (bicyclic) bond motifs is 1. The molecule has 0 radical (unpaired) electrons.